The first-order valence-electron chi connectivity index (χ1n) is 14.1. The smallest absolute Gasteiger partial charge is 0.341 e. The van der Waals surface area contributed by atoms with E-state index < -0.39 is 28.6 Å². The summed E-state index contributed by atoms with van der Waals surface area (Å²) < 4.78 is 38.7. The van der Waals surface area contributed by atoms with Gasteiger partial charge in [-0.2, -0.15) is 0 Å². The summed E-state index contributed by atoms with van der Waals surface area (Å²) >= 11 is 0. The first kappa shape index (κ1) is 28.6. The molecular weight excluding hydrogens is 564 g/mol. The zero-order valence-corrected chi connectivity index (χ0v) is 23.7. The summed E-state index contributed by atoms with van der Waals surface area (Å²) in [6.45, 7) is 1.75. The van der Waals surface area contributed by atoms with Gasteiger partial charge in [-0.1, -0.05) is 0 Å². The van der Waals surface area contributed by atoms with Gasteiger partial charge in [-0.25, -0.2) is 13.6 Å². The molecule has 2 aliphatic rings. The van der Waals surface area contributed by atoms with E-state index in [0.717, 1.165) is 31.7 Å². The molecule has 4 aromatic rings. The number of methoxy groups -OCH3 is 1. The van der Waals surface area contributed by atoms with E-state index in [1.807, 2.05) is 11.9 Å². The third-order valence-electron chi connectivity index (χ3n) is 8.65. The average Bonchev–Trinajstić information content (AvgIpc) is 3.80. The highest BCUT2D eigenvalue weighted by Gasteiger charge is 2.33. The summed E-state index contributed by atoms with van der Waals surface area (Å²) in [6, 6.07) is 5.03. The molecule has 3 heterocycles. The molecule has 43 heavy (non-hydrogen) atoms. The van der Waals surface area contributed by atoms with Crippen LogP contribution >= 0.6 is 0 Å². The van der Waals surface area contributed by atoms with E-state index in [0.29, 0.717) is 37.2 Å². The topological polar surface area (TPSA) is 130 Å². The fraction of sp³-hybridized carbons (Fsp3) is 0.400. The van der Waals surface area contributed by atoms with E-state index >= 15 is 4.39 Å². The van der Waals surface area contributed by atoms with E-state index in [4.69, 9.17) is 4.74 Å². The fourth-order valence-corrected chi connectivity index (χ4v) is 6.29. The summed E-state index contributed by atoms with van der Waals surface area (Å²) in [5.41, 5.74) is -0.268. The van der Waals surface area contributed by atoms with Crippen molar-refractivity contribution in [3.63, 3.8) is 0 Å². The molecule has 1 aliphatic carbocycles. The number of pyridine rings is 1. The Bertz CT molecular complexity index is 1830. The molecule has 1 unspecified atom stereocenters. The van der Waals surface area contributed by atoms with E-state index in [1.165, 1.54) is 36.1 Å². The van der Waals surface area contributed by atoms with Crippen molar-refractivity contribution in [1.29, 1.82) is 0 Å². The SMILES string of the molecule is COc1c(N2CCCC(N(C)CCn3c(O)c(N=O)c4cc(F)ccc43)C2)c(F)cc2c(=O)c(C(=O)O)cn(C3CC3)c12. The maximum atomic E-state index is 15.8. The van der Waals surface area contributed by atoms with Crippen molar-refractivity contribution in [2.45, 2.75) is 44.3 Å². The number of benzene rings is 2. The van der Waals surface area contributed by atoms with Crippen LogP contribution in [0, 0.1) is 16.5 Å². The lowest BCUT2D eigenvalue weighted by Gasteiger charge is -2.39. The van der Waals surface area contributed by atoms with Crippen LogP contribution in [-0.4, -0.2) is 70.1 Å². The van der Waals surface area contributed by atoms with Crippen LogP contribution in [0.5, 0.6) is 11.6 Å². The molecule has 2 aromatic carbocycles. The second kappa shape index (κ2) is 11.0. The molecule has 1 saturated carbocycles. The van der Waals surface area contributed by atoms with Gasteiger partial charge in [0.05, 0.1) is 23.5 Å². The molecule has 0 bridgehead atoms. The summed E-state index contributed by atoms with van der Waals surface area (Å²) in [4.78, 5) is 40.2. The molecule has 1 atom stereocenters. The quantitative estimate of drug-likeness (QED) is 0.259. The molecule has 11 nitrogen and oxygen atoms in total. The molecule has 2 N–H and O–H groups in total. The first-order valence-corrected chi connectivity index (χ1v) is 14.1. The van der Waals surface area contributed by atoms with Crippen LogP contribution in [0.1, 0.15) is 42.1 Å². The number of halogens is 2. The molecule has 0 spiro atoms. The number of hydrogen-bond acceptors (Lipinski definition) is 8. The van der Waals surface area contributed by atoms with Crippen molar-refractivity contribution in [2.24, 2.45) is 5.18 Å². The Morgan fingerprint density at radius 2 is 1.95 bits per heavy atom. The van der Waals surface area contributed by atoms with E-state index in [2.05, 4.69) is 10.1 Å². The lowest BCUT2D eigenvalue weighted by atomic mass is 10.0. The highest BCUT2D eigenvalue weighted by molar-refractivity contribution is 5.97. The van der Waals surface area contributed by atoms with Gasteiger partial charge < -0.3 is 29.0 Å². The van der Waals surface area contributed by atoms with Crippen molar-refractivity contribution in [1.82, 2.24) is 14.0 Å². The molecule has 2 aromatic heterocycles. The predicted octanol–water partition coefficient (Wildman–Crippen LogP) is 4.98. The van der Waals surface area contributed by atoms with Crippen molar-refractivity contribution < 1.29 is 28.5 Å². The van der Waals surface area contributed by atoms with Gasteiger partial charge in [0.1, 0.15) is 17.1 Å². The zero-order valence-electron chi connectivity index (χ0n) is 23.7. The highest BCUT2D eigenvalue weighted by Crippen LogP contribution is 2.44. The monoisotopic (exact) mass is 595 g/mol. The van der Waals surface area contributed by atoms with Gasteiger partial charge in [-0.3, -0.25) is 9.69 Å². The fourth-order valence-electron chi connectivity index (χ4n) is 6.29. The lowest BCUT2D eigenvalue weighted by molar-refractivity contribution is 0.0694. The second-order valence-electron chi connectivity index (χ2n) is 11.3. The van der Waals surface area contributed by atoms with Gasteiger partial charge >= 0.3 is 5.97 Å². The maximum Gasteiger partial charge on any atom is 0.341 e. The Kier molecular flexibility index (Phi) is 7.28. The largest absolute Gasteiger partial charge is 0.493 e. The van der Waals surface area contributed by atoms with Crippen LogP contribution in [0.25, 0.3) is 21.8 Å². The minimum Gasteiger partial charge on any atom is -0.493 e. The number of carboxylic acid groups (broad SMARTS) is 1. The average molecular weight is 596 g/mol. The summed E-state index contributed by atoms with van der Waals surface area (Å²) in [6.07, 6.45) is 4.54. The first-order chi connectivity index (χ1) is 20.6. The molecular formula is C30H31F2N5O6. The third-order valence-corrected chi connectivity index (χ3v) is 8.65. The van der Waals surface area contributed by atoms with Gasteiger partial charge in [-0.05, 0) is 62.2 Å². The van der Waals surface area contributed by atoms with Crippen molar-refractivity contribution >= 4 is 39.1 Å². The van der Waals surface area contributed by atoms with Crippen LogP contribution in [0.3, 0.4) is 0 Å². The molecule has 2 fully saturated rings. The van der Waals surface area contributed by atoms with Crippen molar-refractivity contribution in [2.75, 3.05) is 38.7 Å². The van der Waals surface area contributed by atoms with Crippen LogP contribution < -0.4 is 15.1 Å². The third kappa shape index (κ3) is 4.86. The van der Waals surface area contributed by atoms with E-state index in [1.54, 1.807) is 4.57 Å². The molecule has 0 radical (unpaired) electrons. The number of piperidine rings is 1. The zero-order chi connectivity index (χ0) is 30.6. The van der Waals surface area contributed by atoms with Crippen molar-refractivity contribution in [3.8, 4) is 11.6 Å². The number of aromatic carboxylic acids is 1. The molecule has 1 saturated heterocycles. The Labute approximate surface area is 244 Å². The summed E-state index contributed by atoms with van der Waals surface area (Å²) in [5, 5.41) is 23.3. The van der Waals surface area contributed by atoms with E-state index in [9.17, 15) is 29.1 Å². The molecule has 13 heteroatoms. The standard InChI is InChI=1S/C30H31F2N5O6/c1-34(10-11-36-23-8-5-16(31)12-19(23)24(33-42)29(36)39)18-4-3-9-35(14-18)26-22(32)13-20-25(28(26)43-2)37(17-6-7-17)15-21(27(20)38)30(40)41/h5,8,12-13,15,17-18,39H,3-4,6-7,9-11,14H2,1-2H3,(H,40,41). The maximum absolute atomic E-state index is 15.8. The van der Waals surface area contributed by atoms with Crippen LogP contribution in [0.15, 0.2) is 40.4 Å². The number of aromatic nitrogens is 2. The van der Waals surface area contributed by atoms with Gasteiger partial charge in [0.25, 0.3) is 0 Å². The number of aromatic hydroxyl groups is 1. The second-order valence-corrected chi connectivity index (χ2v) is 11.3. The summed E-state index contributed by atoms with van der Waals surface area (Å²) in [5.74, 6) is -2.70. The van der Waals surface area contributed by atoms with Gasteiger partial charge in [-0.15, -0.1) is 4.91 Å². The number of carbonyl (C=O) groups is 1. The van der Waals surface area contributed by atoms with Crippen molar-refractivity contribution in [3.05, 3.63) is 62.8 Å². The number of rotatable bonds is 9. The van der Waals surface area contributed by atoms with Gasteiger partial charge in [0.2, 0.25) is 11.3 Å². The number of nitroso groups, excluding NO2 is 1. The minimum absolute atomic E-state index is 0.00116. The number of likely N-dealkylation sites (N-methyl/N-ethyl adjacent to an activating group) is 1. The van der Waals surface area contributed by atoms with Crippen LogP contribution in [-0.2, 0) is 6.54 Å². The van der Waals surface area contributed by atoms with Gasteiger partial charge in [0.15, 0.2) is 17.3 Å². The number of fused-ring (bicyclic) bond motifs is 2. The normalized spacial score (nSPS) is 17.2. The number of carboxylic acids is 1. The number of hydrogen-bond donors (Lipinski definition) is 2. The lowest BCUT2D eigenvalue weighted by Crippen LogP contribution is -2.47. The Morgan fingerprint density at radius 1 is 1.19 bits per heavy atom. The molecule has 226 valence electrons. The molecule has 0 amide bonds. The number of nitrogens with zero attached hydrogens (tertiary/aromatic N) is 5. The molecule has 6 rings (SSSR count). The Balaban J connectivity index is 1.30. The molecule has 1 aliphatic heterocycles. The number of ether oxygens (including phenoxy) is 1. The van der Waals surface area contributed by atoms with Gasteiger partial charge in [0, 0.05) is 49.8 Å². The van der Waals surface area contributed by atoms with E-state index in [-0.39, 0.29) is 45.9 Å². The minimum atomic E-state index is -1.36. The number of anilines is 1. The summed E-state index contributed by atoms with van der Waals surface area (Å²) in [7, 11) is 3.34. The van der Waals surface area contributed by atoms with Crippen LogP contribution in [0.4, 0.5) is 20.2 Å². The predicted molar refractivity (Wildman–Crippen MR) is 157 cm³/mol. The van der Waals surface area contributed by atoms with Crippen LogP contribution in [0.2, 0.25) is 0 Å². The Hall–Kier alpha value is -4.52. The Morgan fingerprint density at radius 3 is 2.63 bits per heavy atom. The highest BCUT2D eigenvalue weighted by atomic mass is 19.1.